The first-order valence-corrected chi connectivity index (χ1v) is 12.5. The summed E-state index contributed by atoms with van der Waals surface area (Å²) in [6.07, 6.45) is 5.19. The van der Waals surface area contributed by atoms with E-state index in [0.717, 1.165) is 47.9 Å². The van der Waals surface area contributed by atoms with Gasteiger partial charge >= 0.3 is 0 Å². The Hall–Kier alpha value is -3.77. The molecule has 2 N–H and O–H groups in total. The maximum atomic E-state index is 13.6. The molecular formula is C26H27N7OS. The van der Waals surface area contributed by atoms with Crippen molar-refractivity contribution in [3.63, 3.8) is 0 Å². The summed E-state index contributed by atoms with van der Waals surface area (Å²) in [6.45, 7) is 3.61. The van der Waals surface area contributed by atoms with Crippen molar-refractivity contribution in [1.82, 2.24) is 20.2 Å². The number of rotatable bonds is 4. The van der Waals surface area contributed by atoms with Gasteiger partial charge < -0.3 is 10.2 Å². The molecule has 8 nitrogen and oxygen atoms in total. The van der Waals surface area contributed by atoms with E-state index in [4.69, 9.17) is 5.41 Å². The third kappa shape index (κ3) is 4.15. The Morgan fingerprint density at radius 1 is 1.17 bits per heavy atom. The molecule has 0 saturated carbocycles. The van der Waals surface area contributed by atoms with Gasteiger partial charge in [0.25, 0.3) is 0 Å². The van der Waals surface area contributed by atoms with Gasteiger partial charge in [-0.25, -0.2) is 9.97 Å². The average molecular weight is 486 g/mol. The number of benzene rings is 1. The molecule has 0 aliphatic carbocycles. The lowest BCUT2D eigenvalue weighted by molar-refractivity contribution is -0.138. The maximum absolute atomic E-state index is 13.6. The van der Waals surface area contributed by atoms with E-state index in [9.17, 15) is 10.1 Å². The summed E-state index contributed by atoms with van der Waals surface area (Å²) in [4.78, 5) is 27.0. The van der Waals surface area contributed by atoms with Gasteiger partial charge in [-0.3, -0.25) is 15.1 Å². The number of guanidine groups is 1. The second-order valence-corrected chi connectivity index (χ2v) is 10.2. The smallest absolute Gasteiger partial charge is 0.235 e. The number of hydrogen-bond donors (Lipinski definition) is 2. The maximum Gasteiger partial charge on any atom is 0.235 e. The summed E-state index contributed by atoms with van der Waals surface area (Å²) in [5.74, 6) is 0.668. The number of anilines is 1. The normalized spacial score (nSPS) is 23.2. The molecule has 2 aromatic heterocycles. The Kier molecular flexibility index (Phi) is 5.99. The van der Waals surface area contributed by atoms with Crippen molar-refractivity contribution in [1.29, 1.82) is 10.7 Å². The zero-order valence-corrected chi connectivity index (χ0v) is 20.5. The number of aromatic nitrogens is 2. The van der Waals surface area contributed by atoms with Crippen molar-refractivity contribution >= 4 is 29.2 Å². The molecule has 1 aromatic carbocycles. The summed E-state index contributed by atoms with van der Waals surface area (Å²) < 4.78 is 0. The molecule has 2 aliphatic rings. The number of amides is 1. The number of carbonyl (C=O) groups is 1. The molecule has 0 spiro atoms. The standard InChI is InChI=1S/C26H27N7OS/c1-26(21-14-20(16-35-21)19-6-3-5-17(13-19)15-27)22(23(34)32(2)24(28)31-26)18-7-11-33(12-8-18)25-29-9-4-10-30-25/h3-6,9-10,13-14,16,18,22H,7-8,11-12H2,1-2H3,(H2,28,31)/t22-,26-/m1/s1. The van der Waals surface area contributed by atoms with E-state index in [0.29, 0.717) is 5.56 Å². The third-order valence-electron chi connectivity index (χ3n) is 7.21. The highest BCUT2D eigenvalue weighted by Crippen LogP contribution is 2.45. The number of carbonyl (C=O) groups excluding carboxylic acids is 1. The molecule has 2 aliphatic heterocycles. The molecule has 5 rings (SSSR count). The first kappa shape index (κ1) is 23.0. The molecule has 35 heavy (non-hydrogen) atoms. The lowest BCUT2D eigenvalue weighted by Crippen LogP contribution is -2.65. The van der Waals surface area contributed by atoms with Crippen LogP contribution in [0.5, 0.6) is 0 Å². The molecular weight excluding hydrogens is 458 g/mol. The van der Waals surface area contributed by atoms with Crippen LogP contribution in [0.1, 0.15) is 30.2 Å². The van der Waals surface area contributed by atoms with Gasteiger partial charge in [-0.05, 0) is 66.5 Å². The number of nitrogens with zero attached hydrogens (tertiary/aromatic N) is 5. The van der Waals surface area contributed by atoms with Crippen molar-refractivity contribution in [3.8, 4) is 17.2 Å². The first-order valence-electron chi connectivity index (χ1n) is 11.7. The minimum absolute atomic E-state index is 0.0212. The van der Waals surface area contributed by atoms with E-state index in [1.165, 1.54) is 4.90 Å². The predicted molar refractivity (Wildman–Crippen MR) is 136 cm³/mol. The van der Waals surface area contributed by atoms with Crippen LogP contribution in [0.4, 0.5) is 5.95 Å². The Balaban J connectivity index is 1.44. The number of nitrogens with one attached hydrogen (secondary N) is 2. The minimum Gasteiger partial charge on any atom is -0.345 e. The first-order chi connectivity index (χ1) is 16.9. The van der Waals surface area contributed by atoms with Gasteiger partial charge in [-0.2, -0.15) is 5.26 Å². The third-order valence-corrected chi connectivity index (χ3v) is 8.38. The highest BCUT2D eigenvalue weighted by molar-refractivity contribution is 7.10. The zero-order valence-electron chi connectivity index (χ0n) is 19.7. The van der Waals surface area contributed by atoms with Crippen LogP contribution in [0, 0.1) is 28.6 Å². The summed E-state index contributed by atoms with van der Waals surface area (Å²) in [5, 5.41) is 23.2. The van der Waals surface area contributed by atoms with Crippen molar-refractivity contribution in [2.45, 2.75) is 25.3 Å². The van der Waals surface area contributed by atoms with Crippen LogP contribution in [0.25, 0.3) is 11.1 Å². The number of piperidine rings is 1. The van der Waals surface area contributed by atoms with Crippen molar-refractivity contribution in [2.24, 2.45) is 11.8 Å². The molecule has 178 valence electrons. The highest BCUT2D eigenvalue weighted by atomic mass is 32.1. The van der Waals surface area contributed by atoms with E-state index >= 15 is 0 Å². The lowest BCUT2D eigenvalue weighted by Gasteiger charge is -2.49. The molecule has 1 amide bonds. The van der Waals surface area contributed by atoms with Gasteiger partial charge in [0.2, 0.25) is 11.9 Å². The molecule has 0 radical (unpaired) electrons. The van der Waals surface area contributed by atoms with E-state index < -0.39 is 5.54 Å². The molecule has 2 atom stereocenters. The van der Waals surface area contributed by atoms with Gasteiger partial charge in [0.05, 0.1) is 23.1 Å². The largest absolute Gasteiger partial charge is 0.345 e. The van der Waals surface area contributed by atoms with Crippen LogP contribution in [-0.2, 0) is 10.3 Å². The van der Waals surface area contributed by atoms with Crippen molar-refractivity contribution < 1.29 is 4.79 Å². The number of thiophene rings is 1. The van der Waals surface area contributed by atoms with E-state index in [2.05, 4.69) is 37.7 Å². The van der Waals surface area contributed by atoms with Crippen LogP contribution in [-0.4, -0.2) is 46.9 Å². The van der Waals surface area contributed by atoms with Crippen LogP contribution >= 0.6 is 11.3 Å². The van der Waals surface area contributed by atoms with Gasteiger partial charge in [-0.1, -0.05) is 12.1 Å². The molecule has 0 unspecified atom stereocenters. The molecule has 3 aromatic rings. The van der Waals surface area contributed by atoms with E-state index in [1.807, 2.05) is 31.2 Å². The van der Waals surface area contributed by atoms with Gasteiger partial charge in [0.1, 0.15) is 0 Å². The van der Waals surface area contributed by atoms with Crippen molar-refractivity contribution in [2.75, 3.05) is 25.0 Å². The molecule has 0 bridgehead atoms. The second-order valence-electron chi connectivity index (χ2n) is 9.32. The van der Waals surface area contributed by atoms with E-state index in [1.54, 1.807) is 36.8 Å². The highest BCUT2D eigenvalue weighted by Gasteiger charge is 2.52. The second kappa shape index (κ2) is 9.12. The fourth-order valence-corrected chi connectivity index (χ4v) is 6.35. The molecule has 2 saturated heterocycles. The predicted octanol–water partition coefficient (Wildman–Crippen LogP) is 3.82. The quantitative estimate of drug-likeness (QED) is 0.582. The Labute approximate surface area is 208 Å². The number of nitriles is 1. The zero-order chi connectivity index (χ0) is 24.6. The monoisotopic (exact) mass is 485 g/mol. The Morgan fingerprint density at radius 3 is 2.63 bits per heavy atom. The SMILES string of the molecule is CN1C(=N)N[C@](C)(c2cc(-c3cccc(C#N)c3)cs2)[C@H](C2CCN(c3ncccn3)CC2)C1=O. The Morgan fingerprint density at radius 2 is 1.91 bits per heavy atom. The summed E-state index contributed by atoms with van der Waals surface area (Å²) >= 11 is 1.59. The van der Waals surface area contributed by atoms with Gasteiger partial charge in [0.15, 0.2) is 5.96 Å². The van der Waals surface area contributed by atoms with Gasteiger partial charge in [0, 0.05) is 37.4 Å². The summed E-state index contributed by atoms with van der Waals surface area (Å²) in [6, 6.07) is 13.6. The van der Waals surface area contributed by atoms with Crippen LogP contribution in [0.15, 0.2) is 54.2 Å². The fraction of sp³-hybridized carbons (Fsp3) is 0.346. The van der Waals surface area contributed by atoms with Crippen LogP contribution < -0.4 is 10.2 Å². The molecule has 9 heteroatoms. The number of hydrogen-bond acceptors (Lipinski definition) is 7. The summed E-state index contributed by atoms with van der Waals surface area (Å²) in [5.41, 5.74) is 1.89. The topological polar surface area (TPSA) is 109 Å². The van der Waals surface area contributed by atoms with Crippen LogP contribution in [0.3, 0.4) is 0 Å². The van der Waals surface area contributed by atoms with Gasteiger partial charge in [-0.15, -0.1) is 11.3 Å². The van der Waals surface area contributed by atoms with E-state index in [-0.39, 0.29) is 23.7 Å². The Bertz CT molecular complexity index is 1290. The van der Waals surface area contributed by atoms with Crippen LogP contribution in [0.2, 0.25) is 0 Å². The summed E-state index contributed by atoms with van der Waals surface area (Å²) in [7, 11) is 1.67. The average Bonchev–Trinajstić information content (AvgIpc) is 3.40. The van der Waals surface area contributed by atoms with Crippen molar-refractivity contribution in [3.05, 3.63) is 64.6 Å². The molecule has 4 heterocycles. The lowest BCUT2D eigenvalue weighted by atomic mass is 9.70. The fourth-order valence-electron chi connectivity index (χ4n) is 5.28. The minimum atomic E-state index is -0.702. The molecule has 2 fully saturated rings.